The SMILES string of the molecule is COCC(=O)N(c1ccc(F)cc1)C1CCN(Cc2ccoc2)CC1. The summed E-state index contributed by atoms with van der Waals surface area (Å²) in [5, 5.41) is 0. The van der Waals surface area contributed by atoms with Gasteiger partial charge in [0.2, 0.25) is 0 Å². The van der Waals surface area contributed by atoms with E-state index in [0.29, 0.717) is 0 Å². The number of anilines is 1. The molecule has 1 aromatic carbocycles. The Labute approximate surface area is 147 Å². The monoisotopic (exact) mass is 346 g/mol. The van der Waals surface area contributed by atoms with E-state index in [1.807, 2.05) is 6.07 Å². The van der Waals surface area contributed by atoms with Crippen molar-refractivity contribution in [3.05, 3.63) is 54.2 Å². The normalized spacial score (nSPS) is 16.1. The summed E-state index contributed by atoms with van der Waals surface area (Å²) in [5.74, 6) is -0.403. The van der Waals surface area contributed by atoms with Crippen LogP contribution in [0.3, 0.4) is 0 Å². The molecule has 0 N–H and O–H groups in total. The van der Waals surface area contributed by atoms with Crippen molar-refractivity contribution in [1.82, 2.24) is 4.90 Å². The molecule has 0 radical (unpaired) electrons. The van der Waals surface area contributed by atoms with Gasteiger partial charge in [0.15, 0.2) is 0 Å². The first-order chi connectivity index (χ1) is 12.2. The number of hydrogen-bond donors (Lipinski definition) is 0. The van der Waals surface area contributed by atoms with Gasteiger partial charge in [-0.3, -0.25) is 9.69 Å². The highest BCUT2D eigenvalue weighted by Gasteiger charge is 2.29. The lowest BCUT2D eigenvalue weighted by molar-refractivity contribution is -0.122. The van der Waals surface area contributed by atoms with E-state index in [4.69, 9.17) is 9.15 Å². The first kappa shape index (κ1) is 17.6. The van der Waals surface area contributed by atoms with Crippen molar-refractivity contribution in [3.8, 4) is 0 Å². The van der Waals surface area contributed by atoms with Gasteiger partial charge in [-0.1, -0.05) is 0 Å². The van der Waals surface area contributed by atoms with Gasteiger partial charge in [-0.25, -0.2) is 4.39 Å². The molecule has 1 aliphatic heterocycles. The minimum atomic E-state index is -0.308. The lowest BCUT2D eigenvalue weighted by Crippen LogP contribution is -2.48. The van der Waals surface area contributed by atoms with Crippen molar-refractivity contribution in [2.24, 2.45) is 0 Å². The quantitative estimate of drug-likeness (QED) is 0.806. The zero-order chi connectivity index (χ0) is 17.6. The molecule has 2 aromatic rings. The average molecular weight is 346 g/mol. The highest BCUT2D eigenvalue weighted by molar-refractivity contribution is 5.94. The summed E-state index contributed by atoms with van der Waals surface area (Å²) in [6.07, 6.45) is 5.18. The number of rotatable bonds is 6. The zero-order valence-corrected chi connectivity index (χ0v) is 14.4. The van der Waals surface area contributed by atoms with Crippen LogP contribution in [0.4, 0.5) is 10.1 Å². The lowest BCUT2D eigenvalue weighted by Gasteiger charge is -2.38. The fraction of sp³-hybridized carbons (Fsp3) is 0.421. The molecule has 0 bridgehead atoms. The summed E-state index contributed by atoms with van der Waals surface area (Å²) in [5.41, 5.74) is 1.88. The van der Waals surface area contributed by atoms with Gasteiger partial charge in [-0.2, -0.15) is 0 Å². The summed E-state index contributed by atoms with van der Waals surface area (Å²) in [7, 11) is 1.51. The summed E-state index contributed by atoms with van der Waals surface area (Å²) < 4.78 is 23.4. The van der Waals surface area contributed by atoms with Crippen LogP contribution < -0.4 is 4.90 Å². The number of benzene rings is 1. The zero-order valence-electron chi connectivity index (χ0n) is 14.4. The molecule has 5 nitrogen and oxygen atoms in total. The van der Waals surface area contributed by atoms with Crippen LogP contribution in [0.5, 0.6) is 0 Å². The number of nitrogens with zero attached hydrogens (tertiary/aromatic N) is 2. The maximum atomic E-state index is 13.2. The Morgan fingerprint density at radius 2 is 2.00 bits per heavy atom. The fourth-order valence-electron chi connectivity index (χ4n) is 3.33. The van der Waals surface area contributed by atoms with E-state index in [9.17, 15) is 9.18 Å². The second-order valence-electron chi connectivity index (χ2n) is 6.31. The molecular formula is C19H23FN2O3. The van der Waals surface area contributed by atoms with Crippen LogP contribution in [0.1, 0.15) is 18.4 Å². The Hall–Kier alpha value is -2.18. The number of hydrogen-bond acceptors (Lipinski definition) is 4. The Bertz CT molecular complexity index is 664. The number of amides is 1. The third kappa shape index (κ3) is 4.46. The number of carbonyl (C=O) groups is 1. The average Bonchev–Trinajstić information content (AvgIpc) is 3.12. The topological polar surface area (TPSA) is 45.9 Å². The van der Waals surface area contributed by atoms with Crippen LogP contribution in [-0.2, 0) is 16.1 Å². The highest BCUT2D eigenvalue weighted by Crippen LogP contribution is 2.25. The van der Waals surface area contributed by atoms with Gasteiger partial charge in [0.25, 0.3) is 5.91 Å². The minimum absolute atomic E-state index is 0.0204. The number of furan rings is 1. The van der Waals surface area contributed by atoms with Crippen molar-refractivity contribution in [1.29, 1.82) is 0 Å². The number of halogens is 1. The summed E-state index contributed by atoms with van der Waals surface area (Å²) in [6, 6.07) is 8.14. The van der Waals surface area contributed by atoms with E-state index in [1.165, 1.54) is 19.2 Å². The van der Waals surface area contributed by atoms with Crippen LogP contribution in [0.2, 0.25) is 0 Å². The van der Waals surface area contributed by atoms with Crippen LogP contribution in [0, 0.1) is 5.82 Å². The van der Waals surface area contributed by atoms with Gasteiger partial charge < -0.3 is 14.1 Å². The number of piperidine rings is 1. The molecule has 134 valence electrons. The predicted octanol–water partition coefficient (Wildman–Crippen LogP) is 3.06. The third-order valence-electron chi connectivity index (χ3n) is 4.55. The van der Waals surface area contributed by atoms with Gasteiger partial charge in [-0.15, -0.1) is 0 Å². The highest BCUT2D eigenvalue weighted by atomic mass is 19.1. The fourth-order valence-corrected chi connectivity index (χ4v) is 3.33. The Kier molecular flexibility index (Phi) is 5.83. The van der Waals surface area contributed by atoms with Crippen molar-refractivity contribution >= 4 is 11.6 Å². The van der Waals surface area contributed by atoms with E-state index in [-0.39, 0.29) is 24.4 Å². The van der Waals surface area contributed by atoms with E-state index in [0.717, 1.165) is 43.7 Å². The van der Waals surface area contributed by atoms with Crippen LogP contribution in [0.15, 0.2) is 47.3 Å². The van der Waals surface area contributed by atoms with Crippen LogP contribution >= 0.6 is 0 Å². The molecule has 0 saturated carbocycles. The molecule has 0 unspecified atom stereocenters. The van der Waals surface area contributed by atoms with Crippen molar-refractivity contribution in [2.75, 3.05) is 31.7 Å². The molecule has 1 fully saturated rings. The largest absolute Gasteiger partial charge is 0.472 e. The standard InChI is InChI=1S/C19H23FN2O3/c1-24-14-19(23)22(17-4-2-16(20)3-5-17)18-6-9-21(10-7-18)12-15-8-11-25-13-15/h2-5,8,11,13,18H,6-7,9-10,12,14H2,1H3. The first-order valence-corrected chi connectivity index (χ1v) is 8.47. The van der Waals surface area contributed by atoms with Gasteiger partial charge in [0.05, 0.1) is 12.5 Å². The Balaban J connectivity index is 1.67. The lowest BCUT2D eigenvalue weighted by atomic mass is 10.0. The number of carbonyl (C=O) groups excluding carboxylic acids is 1. The van der Waals surface area contributed by atoms with Crippen molar-refractivity contribution < 1.29 is 18.3 Å². The number of ether oxygens (including phenoxy) is 1. The van der Waals surface area contributed by atoms with Crippen LogP contribution in [0.25, 0.3) is 0 Å². The van der Waals surface area contributed by atoms with Gasteiger partial charge >= 0.3 is 0 Å². The molecule has 2 heterocycles. The molecule has 25 heavy (non-hydrogen) atoms. The summed E-state index contributed by atoms with van der Waals surface area (Å²) in [6.45, 7) is 2.67. The van der Waals surface area contributed by atoms with E-state index < -0.39 is 0 Å². The molecule has 1 amide bonds. The molecule has 3 rings (SSSR count). The van der Waals surface area contributed by atoms with Crippen LogP contribution in [-0.4, -0.2) is 43.7 Å². The number of methoxy groups -OCH3 is 1. The third-order valence-corrected chi connectivity index (χ3v) is 4.55. The Morgan fingerprint density at radius 1 is 1.28 bits per heavy atom. The molecule has 6 heteroatoms. The molecule has 1 aromatic heterocycles. The maximum absolute atomic E-state index is 13.2. The smallest absolute Gasteiger partial charge is 0.253 e. The second-order valence-corrected chi connectivity index (χ2v) is 6.31. The van der Waals surface area contributed by atoms with E-state index in [2.05, 4.69) is 4.90 Å². The number of likely N-dealkylation sites (tertiary alicyclic amines) is 1. The maximum Gasteiger partial charge on any atom is 0.253 e. The van der Waals surface area contributed by atoms with E-state index in [1.54, 1.807) is 29.6 Å². The summed E-state index contributed by atoms with van der Waals surface area (Å²) >= 11 is 0. The molecule has 0 aliphatic carbocycles. The minimum Gasteiger partial charge on any atom is -0.472 e. The summed E-state index contributed by atoms with van der Waals surface area (Å²) in [4.78, 5) is 16.7. The van der Waals surface area contributed by atoms with Crippen molar-refractivity contribution in [2.45, 2.75) is 25.4 Å². The Morgan fingerprint density at radius 3 is 2.60 bits per heavy atom. The van der Waals surface area contributed by atoms with Gasteiger partial charge in [0.1, 0.15) is 12.4 Å². The van der Waals surface area contributed by atoms with Crippen molar-refractivity contribution in [3.63, 3.8) is 0 Å². The molecule has 1 saturated heterocycles. The second kappa shape index (κ2) is 8.27. The van der Waals surface area contributed by atoms with Gasteiger partial charge in [-0.05, 0) is 43.2 Å². The molecule has 0 spiro atoms. The van der Waals surface area contributed by atoms with E-state index >= 15 is 0 Å². The molecular weight excluding hydrogens is 323 g/mol. The molecule has 1 aliphatic rings. The molecule has 0 atom stereocenters. The predicted molar refractivity (Wildman–Crippen MR) is 92.8 cm³/mol. The first-order valence-electron chi connectivity index (χ1n) is 8.47. The van der Waals surface area contributed by atoms with Gasteiger partial charge in [0, 0.05) is 44.0 Å².